The van der Waals surface area contributed by atoms with Crippen LogP contribution in [0.15, 0.2) is 158 Å². The molecular weight excluding hydrogens is 933 g/mol. The number of carboxylic acids is 2. The van der Waals surface area contributed by atoms with Gasteiger partial charge in [0.15, 0.2) is 11.6 Å². The molecular formula is C52H55ClN9O6V-. The van der Waals surface area contributed by atoms with E-state index >= 15 is 0 Å². The molecule has 1 radical (unpaired) electrons. The second-order valence-corrected chi connectivity index (χ2v) is 15.4. The second-order valence-electron chi connectivity index (χ2n) is 15.1. The summed E-state index contributed by atoms with van der Waals surface area (Å²) < 4.78 is 8.57. The molecule has 15 nitrogen and oxygen atoms in total. The SMILES string of the molecule is C.COC(=O)C(NCc1ccc(-c2ccccc2-c2nnnn2Cc2ccccc2)cc1)C(C)C.ClCc1ccc(-c2ccccc2-c2nnnn2Cc2ccccc2)cc1.O=C(O)C(=O)O.[CH3-].[V]. The number of aliphatic carboxylic acids is 2. The van der Waals surface area contributed by atoms with E-state index in [1.54, 1.807) is 0 Å². The van der Waals surface area contributed by atoms with Crippen molar-refractivity contribution in [3.63, 3.8) is 0 Å². The van der Waals surface area contributed by atoms with E-state index in [-0.39, 0.29) is 51.3 Å². The molecule has 1 atom stereocenters. The Kier molecular flexibility index (Phi) is 22.8. The van der Waals surface area contributed by atoms with Crippen LogP contribution in [0.4, 0.5) is 0 Å². The number of carboxylic acid groups (broad SMARTS) is 2. The molecule has 0 bridgehead atoms. The topological polar surface area (TPSA) is 200 Å². The van der Waals surface area contributed by atoms with Crippen molar-refractivity contribution in [3.8, 4) is 45.0 Å². The zero-order chi connectivity index (χ0) is 46.8. The summed E-state index contributed by atoms with van der Waals surface area (Å²) in [6.07, 6.45) is 0. The summed E-state index contributed by atoms with van der Waals surface area (Å²) in [4.78, 5) is 30.2. The van der Waals surface area contributed by atoms with Gasteiger partial charge in [-0.25, -0.2) is 19.0 Å². The van der Waals surface area contributed by atoms with E-state index in [2.05, 4.69) is 115 Å². The van der Waals surface area contributed by atoms with Crippen molar-refractivity contribution in [1.29, 1.82) is 0 Å². The number of aromatic nitrogens is 8. The van der Waals surface area contributed by atoms with Gasteiger partial charge >= 0.3 is 17.9 Å². The third-order valence-corrected chi connectivity index (χ3v) is 10.6. The van der Waals surface area contributed by atoms with Crippen molar-refractivity contribution in [3.05, 3.63) is 187 Å². The fourth-order valence-electron chi connectivity index (χ4n) is 6.90. The first-order valence-corrected chi connectivity index (χ1v) is 21.4. The van der Waals surface area contributed by atoms with Gasteiger partial charge in [-0.05, 0) is 71.3 Å². The van der Waals surface area contributed by atoms with Crippen molar-refractivity contribution in [1.82, 2.24) is 45.7 Å². The van der Waals surface area contributed by atoms with Gasteiger partial charge in [-0.2, -0.15) is 0 Å². The molecule has 69 heavy (non-hydrogen) atoms. The first-order valence-electron chi connectivity index (χ1n) is 20.9. The van der Waals surface area contributed by atoms with Crippen LogP contribution in [-0.2, 0) is 63.2 Å². The number of nitrogens with zero attached hydrogens (tertiary/aromatic N) is 8. The van der Waals surface area contributed by atoms with Gasteiger partial charge in [0.05, 0.1) is 20.2 Å². The summed E-state index contributed by atoms with van der Waals surface area (Å²) in [5.41, 5.74) is 10.8. The summed E-state index contributed by atoms with van der Waals surface area (Å²) in [7, 11) is 1.42. The number of methoxy groups -OCH3 is 1. The number of rotatable bonds is 14. The molecule has 2 aromatic heterocycles. The average Bonchev–Trinajstić information content (AvgIpc) is 4.02. The van der Waals surface area contributed by atoms with E-state index in [0.717, 1.165) is 67.3 Å². The Bertz CT molecular complexity index is 2800. The molecule has 8 rings (SSSR count). The fraction of sp³-hybridized carbons (Fsp3) is 0.192. The Morgan fingerprint density at radius 2 is 0.957 bits per heavy atom. The Balaban J connectivity index is 0.000000321. The van der Waals surface area contributed by atoms with Crippen LogP contribution in [0, 0.1) is 13.3 Å². The number of hydrogen-bond acceptors (Lipinski definition) is 11. The van der Waals surface area contributed by atoms with E-state index in [0.29, 0.717) is 25.5 Å². The van der Waals surface area contributed by atoms with Crippen molar-refractivity contribution >= 4 is 29.5 Å². The minimum Gasteiger partial charge on any atom is -0.473 e. The maximum atomic E-state index is 12.0. The van der Waals surface area contributed by atoms with Crippen LogP contribution < -0.4 is 5.32 Å². The van der Waals surface area contributed by atoms with Gasteiger partial charge in [-0.15, -0.1) is 21.8 Å². The van der Waals surface area contributed by atoms with Crippen LogP contribution in [0.1, 0.15) is 43.5 Å². The van der Waals surface area contributed by atoms with Crippen molar-refractivity contribution in [2.24, 2.45) is 5.92 Å². The molecule has 6 aromatic carbocycles. The summed E-state index contributed by atoms with van der Waals surface area (Å²) in [6, 6.07) is 52.9. The molecule has 357 valence electrons. The van der Waals surface area contributed by atoms with Crippen molar-refractivity contribution < 1.29 is 47.9 Å². The van der Waals surface area contributed by atoms with Crippen molar-refractivity contribution in [2.45, 2.75) is 52.8 Å². The number of tetrazole rings is 2. The van der Waals surface area contributed by atoms with Gasteiger partial charge in [0.25, 0.3) is 0 Å². The van der Waals surface area contributed by atoms with Crippen LogP contribution in [0.3, 0.4) is 0 Å². The number of hydrogen-bond donors (Lipinski definition) is 3. The monoisotopic (exact) mass is 987 g/mol. The number of alkyl halides is 1. The zero-order valence-electron chi connectivity index (χ0n) is 37.9. The molecule has 8 aromatic rings. The summed E-state index contributed by atoms with van der Waals surface area (Å²) >= 11 is 5.91. The normalized spacial score (nSPS) is 10.6. The molecule has 17 heteroatoms. The van der Waals surface area contributed by atoms with E-state index in [9.17, 15) is 4.79 Å². The first-order chi connectivity index (χ1) is 32.1. The van der Waals surface area contributed by atoms with E-state index in [4.69, 9.17) is 36.1 Å². The third kappa shape index (κ3) is 15.6. The van der Waals surface area contributed by atoms with Gasteiger partial charge in [-0.3, -0.25) is 4.79 Å². The Hall–Kier alpha value is -7.30. The molecule has 0 saturated carbocycles. The molecule has 0 saturated heterocycles. The van der Waals surface area contributed by atoms with Gasteiger partial charge in [0.1, 0.15) is 6.04 Å². The smallest absolute Gasteiger partial charge is 0.414 e. The second kappa shape index (κ2) is 28.1. The number of halogens is 1. The van der Waals surface area contributed by atoms with E-state index in [1.807, 2.05) is 102 Å². The van der Waals surface area contributed by atoms with Crippen molar-refractivity contribution in [2.75, 3.05) is 7.11 Å². The molecule has 0 aliphatic rings. The minimum atomic E-state index is -1.82. The first kappa shape index (κ1) is 56.0. The van der Waals surface area contributed by atoms with Gasteiger partial charge in [-0.1, -0.05) is 179 Å². The van der Waals surface area contributed by atoms with E-state index in [1.165, 1.54) is 7.11 Å². The van der Waals surface area contributed by atoms with Crippen LogP contribution in [0.25, 0.3) is 45.0 Å². The number of carbonyl (C=O) groups excluding carboxylic acids is 1. The summed E-state index contributed by atoms with van der Waals surface area (Å²) in [5.74, 6) is -1.76. The number of ether oxygens (including phenoxy) is 1. The maximum absolute atomic E-state index is 12.0. The standard InChI is InChI=1S/C27H29N5O2.C21H17ClN4.C2H2O4.CH4.CH3.V/c1-19(2)25(27(33)34-3)28-17-20-13-15-22(16-14-20)23-11-7-8-12-24(23)26-29-30-31-32(26)18-21-9-5-4-6-10-21;22-14-16-10-12-18(13-11-16)19-8-4-5-9-20(19)21-23-24-25-26(21)15-17-6-2-1-3-7-17;3-1(4)2(5)6;;;/h4-16,19,25,28H,17-18H2,1-3H3;1-13H,14-15H2;(H,3,4)(H,5,6);1H4;1H3;/q;;;;-1;. The minimum absolute atomic E-state index is 0. The Labute approximate surface area is 419 Å². The fourth-order valence-corrected chi connectivity index (χ4v) is 7.08. The van der Waals surface area contributed by atoms with Gasteiger partial charge in [0, 0.05) is 42.1 Å². The van der Waals surface area contributed by atoms with Crippen LogP contribution in [0.5, 0.6) is 0 Å². The van der Waals surface area contributed by atoms with E-state index < -0.39 is 11.9 Å². The Morgan fingerprint density at radius 3 is 1.32 bits per heavy atom. The van der Waals surface area contributed by atoms with Crippen LogP contribution in [0.2, 0.25) is 0 Å². The number of nitrogens with one attached hydrogen (secondary N) is 1. The Morgan fingerprint density at radius 1 is 0.580 bits per heavy atom. The van der Waals surface area contributed by atoms with Crippen LogP contribution in [-0.4, -0.2) is 81.7 Å². The number of benzene rings is 6. The van der Waals surface area contributed by atoms with Gasteiger partial charge in [0.2, 0.25) is 0 Å². The molecule has 0 aliphatic heterocycles. The molecule has 2 heterocycles. The largest absolute Gasteiger partial charge is 0.473 e. The zero-order valence-corrected chi connectivity index (χ0v) is 40.1. The number of esters is 1. The molecule has 1 unspecified atom stereocenters. The average molecular weight is 988 g/mol. The molecule has 0 aliphatic carbocycles. The molecule has 0 fully saturated rings. The third-order valence-electron chi connectivity index (χ3n) is 10.3. The molecule has 0 amide bonds. The van der Waals surface area contributed by atoms with Gasteiger partial charge < -0.3 is 27.7 Å². The quantitative estimate of drug-likeness (QED) is 0.0403. The number of carbonyl (C=O) groups is 3. The molecule has 3 N–H and O–H groups in total. The molecule has 0 spiro atoms. The predicted octanol–water partition coefficient (Wildman–Crippen LogP) is 9.38. The summed E-state index contributed by atoms with van der Waals surface area (Å²) in [6.45, 7) is 5.80. The summed E-state index contributed by atoms with van der Waals surface area (Å²) in [5, 5.41) is 42.9. The maximum Gasteiger partial charge on any atom is 0.414 e. The van der Waals surface area contributed by atoms with Crippen LogP contribution >= 0.6 is 11.6 Å². The predicted molar refractivity (Wildman–Crippen MR) is 264 cm³/mol.